The topological polar surface area (TPSA) is 58.9 Å². The number of rotatable bonds is 5. The van der Waals surface area contributed by atoms with Gasteiger partial charge in [-0.25, -0.2) is 4.99 Å². The van der Waals surface area contributed by atoms with E-state index in [1.165, 1.54) is 6.08 Å². The molecule has 118 valence electrons. The molecule has 1 unspecified atom stereocenters. The molecule has 0 spiro atoms. The molecule has 0 saturated heterocycles. The third-order valence-electron chi connectivity index (χ3n) is 3.71. The maximum Gasteiger partial charge on any atom is 0.270 e. The van der Waals surface area contributed by atoms with Crippen molar-refractivity contribution in [3.05, 3.63) is 71.3 Å². The van der Waals surface area contributed by atoms with E-state index >= 15 is 0 Å². The van der Waals surface area contributed by atoms with Gasteiger partial charge >= 0.3 is 0 Å². The minimum Gasteiger partial charge on any atom is -0.388 e. The van der Waals surface area contributed by atoms with Gasteiger partial charge in [0.2, 0.25) is 0 Å². The van der Waals surface area contributed by atoms with Gasteiger partial charge in [0.1, 0.15) is 6.10 Å². The fourth-order valence-corrected chi connectivity index (χ4v) is 2.91. The van der Waals surface area contributed by atoms with E-state index in [1.807, 2.05) is 42.5 Å². The fraction of sp³-hybridized carbons (Fsp3) is 0.222. The molecule has 5 heteroatoms. The van der Waals surface area contributed by atoms with Crippen LogP contribution in [0.2, 0.25) is 0 Å². The average molecular weight is 374 g/mol. The van der Waals surface area contributed by atoms with E-state index in [0.29, 0.717) is 17.6 Å². The zero-order chi connectivity index (χ0) is 16.2. The van der Waals surface area contributed by atoms with E-state index in [4.69, 9.17) is 4.74 Å². The second-order valence-electron chi connectivity index (χ2n) is 5.28. The molecule has 0 aromatic heterocycles. The third kappa shape index (κ3) is 3.58. The van der Waals surface area contributed by atoms with Crippen LogP contribution in [0.25, 0.3) is 0 Å². The number of aliphatic imine (C=N–C) groups is 1. The Bertz CT molecular complexity index is 719. The van der Waals surface area contributed by atoms with Crippen LogP contribution in [0, 0.1) is 0 Å². The number of amides is 1. The molecular formula is C18H16BrNO3. The highest BCUT2D eigenvalue weighted by atomic mass is 79.9. The van der Waals surface area contributed by atoms with Gasteiger partial charge in [-0.2, -0.15) is 0 Å². The highest BCUT2D eigenvalue weighted by molar-refractivity contribution is 9.09. The lowest BCUT2D eigenvalue weighted by atomic mass is 9.89. The van der Waals surface area contributed by atoms with Gasteiger partial charge in [-0.1, -0.05) is 52.3 Å². The third-order valence-corrected chi connectivity index (χ3v) is 4.32. The van der Waals surface area contributed by atoms with Crippen LogP contribution >= 0.6 is 15.9 Å². The summed E-state index contributed by atoms with van der Waals surface area (Å²) in [6.07, 6.45) is 5.74. The normalized spacial score (nSPS) is 21.2. The van der Waals surface area contributed by atoms with Crippen molar-refractivity contribution >= 4 is 27.5 Å². The molecule has 0 radical (unpaired) electrons. The van der Waals surface area contributed by atoms with Crippen LogP contribution in [0.15, 0.2) is 70.8 Å². The average Bonchev–Trinajstić information content (AvgIpc) is 2.59. The number of hydrogen-bond acceptors (Lipinski definition) is 3. The van der Waals surface area contributed by atoms with Crippen molar-refractivity contribution in [2.75, 3.05) is 5.33 Å². The lowest BCUT2D eigenvalue weighted by Crippen LogP contribution is -2.31. The second-order valence-corrected chi connectivity index (χ2v) is 5.93. The van der Waals surface area contributed by atoms with Crippen LogP contribution in [0.1, 0.15) is 5.56 Å². The number of ether oxygens (including phenoxy) is 1. The molecule has 1 aromatic carbocycles. The summed E-state index contributed by atoms with van der Waals surface area (Å²) in [5.41, 5.74) is 3.11. The van der Waals surface area contributed by atoms with E-state index in [2.05, 4.69) is 20.9 Å². The van der Waals surface area contributed by atoms with Crippen molar-refractivity contribution in [1.29, 1.82) is 0 Å². The lowest BCUT2D eigenvalue weighted by Gasteiger charge is -2.26. The monoisotopic (exact) mass is 373 g/mol. The van der Waals surface area contributed by atoms with Gasteiger partial charge in [0.05, 0.1) is 18.4 Å². The zero-order valence-electron chi connectivity index (χ0n) is 12.4. The molecule has 1 N–H and O–H groups in total. The molecule has 1 amide bonds. The van der Waals surface area contributed by atoms with E-state index < -0.39 is 12.2 Å². The number of alkyl halides is 1. The number of nitrogens with zero attached hydrogens (tertiary/aromatic N) is 1. The Morgan fingerprint density at radius 3 is 2.74 bits per heavy atom. The van der Waals surface area contributed by atoms with Crippen molar-refractivity contribution in [2.24, 2.45) is 4.99 Å². The summed E-state index contributed by atoms with van der Waals surface area (Å²) in [5, 5.41) is 10.5. The van der Waals surface area contributed by atoms with Crippen molar-refractivity contribution < 1.29 is 14.6 Å². The van der Waals surface area contributed by atoms with Gasteiger partial charge < -0.3 is 9.84 Å². The predicted molar refractivity (Wildman–Crippen MR) is 92.6 cm³/mol. The molecule has 0 fully saturated rings. The van der Waals surface area contributed by atoms with Crippen LogP contribution in [0.5, 0.6) is 0 Å². The van der Waals surface area contributed by atoms with Crippen LogP contribution in [0.3, 0.4) is 0 Å². The first-order chi connectivity index (χ1) is 11.2. The van der Waals surface area contributed by atoms with Gasteiger partial charge in [-0.05, 0) is 23.3 Å². The van der Waals surface area contributed by atoms with Crippen LogP contribution in [-0.4, -0.2) is 34.3 Å². The number of halogens is 1. The first-order valence-electron chi connectivity index (χ1n) is 7.32. The molecule has 23 heavy (non-hydrogen) atoms. The summed E-state index contributed by atoms with van der Waals surface area (Å²) in [7, 11) is 0. The molecule has 3 rings (SSSR count). The van der Waals surface area contributed by atoms with Crippen molar-refractivity contribution in [2.45, 2.75) is 18.8 Å². The van der Waals surface area contributed by atoms with Crippen LogP contribution in [0.4, 0.5) is 0 Å². The van der Waals surface area contributed by atoms with Gasteiger partial charge in [0.25, 0.3) is 5.91 Å². The molecule has 1 aliphatic carbocycles. The van der Waals surface area contributed by atoms with Crippen molar-refractivity contribution in [3.63, 3.8) is 0 Å². The summed E-state index contributed by atoms with van der Waals surface area (Å²) >= 11 is 3.27. The zero-order valence-corrected chi connectivity index (χ0v) is 13.9. The van der Waals surface area contributed by atoms with Gasteiger partial charge in [-0.15, -0.1) is 0 Å². The first kappa shape index (κ1) is 16.1. The number of carbonyl (C=O) groups is 1. The van der Waals surface area contributed by atoms with E-state index in [1.54, 1.807) is 6.08 Å². The standard InChI is InChI=1S/C18H16BrNO3/c19-10-15(21)13-6-8-16(18-14(13)7-9-17(22)20-18)23-11-12-4-2-1-3-5-12/h1-9,15-16,21H,10-11H2/t15-,16?/m0/s1. The highest BCUT2D eigenvalue weighted by Crippen LogP contribution is 2.26. The maximum atomic E-state index is 11.6. The Kier molecular flexibility index (Phi) is 5.00. The quantitative estimate of drug-likeness (QED) is 0.807. The molecule has 0 bridgehead atoms. The molecule has 1 aliphatic heterocycles. The summed E-state index contributed by atoms with van der Waals surface area (Å²) in [4.78, 5) is 15.7. The molecule has 0 saturated carbocycles. The maximum absolute atomic E-state index is 11.6. The summed E-state index contributed by atoms with van der Waals surface area (Å²) in [5.74, 6) is -0.306. The van der Waals surface area contributed by atoms with Gasteiger partial charge in [-0.3, -0.25) is 4.79 Å². The molecule has 1 heterocycles. The molecule has 2 aliphatic rings. The highest BCUT2D eigenvalue weighted by Gasteiger charge is 2.28. The fourth-order valence-electron chi connectivity index (χ4n) is 2.56. The Morgan fingerprint density at radius 2 is 2.00 bits per heavy atom. The summed E-state index contributed by atoms with van der Waals surface area (Å²) < 4.78 is 5.92. The predicted octanol–water partition coefficient (Wildman–Crippen LogP) is 2.73. The van der Waals surface area contributed by atoms with E-state index in [-0.39, 0.29) is 5.91 Å². The SMILES string of the molecule is O=C1C=CC2=C([C@@H](O)CBr)C=CC(OCc3ccccc3)C2=N1. The van der Waals surface area contributed by atoms with E-state index in [0.717, 1.165) is 16.7 Å². The number of benzene rings is 1. The molecule has 4 nitrogen and oxygen atoms in total. The van der Waals surface area contributed by atoms with Gasteiger partial charge in [0.15, 0.2) is 0 Å². The number of aliphatic hydroxyl groups is 1. The second kappa shape index (κ2) is 7.17. The van der Waals surface area contributed by atoms with Crippen LogP contribution in [-0.2, 0) is 16.1 Å². The summed E-state index contributed by atoms with van der Waals surface area (Å²) in [6, 6.07) is 9.83. The first-order valence-corrected chi connectivity index (χ1v) is 8.44. The number of carbonyl (C=O) groups excluding carboxylic acids is 1. The summed E-state index contributed by atoms with van der Waals surface area (Å²) in [6.45, 7) is 0.427. The van der Waals surface area contributed by atoms with Crippen molar-refractivity contribution in [3.8, 4) is 0 Å². The lowest BCUT2D eigenvalue weighted by molar-refractivity contribution is -0.113. The Morgan fingerprint density at radius 1 is 1.22 bits per heavy atom. The minimum absolute atomic E-state index is 0.306. The number of hydrogen-bond donors (Lipinski definition) is 1. The van der Waals surface area contributed by atoms with E-state index in [9.17, 15) is 9.90 Å². The van der Waals surface area contributed by atoms with Crippen LogP contribution < -0.4 is 0 Å². The Labute approximate surface area is 143 Å². The van der Waals surface area contributed by atoms with Gasteiger partial charge in [0, 0.05) is 17.0 Å². The number of aliphatic hydroxyl groups excluding tert-OH is 1. The number of dihydropyridines is 1. The molecular weight excluding hydrogens is 358 g/mol. The number of allylic oxidation sites excluding steroid dienone is 1. The molecule has 1 aromatic rings. The number of fused-ring (bicyclic) bond motifs is 1. The Balaban J connectivity index is 1.83. The Hall–Kier alpha value is -1.82. The van der Waals surface area contributed by atoms with Crippen molar-refractivity contribution in [1.82, 2.24) is 0 Å². The molecule has 2 atom stereocenters. The smallest absolute Gasteiger partial charge is 0.270 e. The minimum atomic E-state index is -0.653. The largest absolute Gasteiger partial charge is 0.388 e.